The Morgan fingerprint density at radius 3 is 2.24 bits per heavy atom. The van der Waals surface area contributed by atoms with E-state index in [0.717, 1.165) is 18.1 Å². The van der Waals surface area contributed by atoms with Gasteiger partial charge in [-0.1, -0.05) is 72.3 Å². The van der Waals surface area contributed by atoms with Gasteiger partial charge in [0.1, 0.15) is 12.4 Å². The zero-order chi connectivity index (χ0) is 23.6. The number of likely N-dealkylation sites (N-methyl/N-ethyl adjacent to an activating group) is 1. The lowest BCUT2D eigenvalue weighted by molar-refractivity contribution is -0.131. The molecule has 0 spiro atoms. The maximum atomic E-state index is 12.8. The number of carbonyl (C=O) groups excluding carboxylic acids is 1. The molecule has 5 nitrogen and oxygen atoms in total. The van der Waals surface area contributed by atoms with E-state index >= 15 is 0 Å². The highest BCUT2D eigenvalue weighted by Crippen LogP contribution is 2.32. The first-order chi connectivity index (χ1) is 15.9. The van der Waals surface area contributed by atoms with Crippen molar-refractivity contribution in [2.45, 2.75) is 19.4 Å². The van der Waals surface area contributed by atoms with Crippen LogP contribution in [0, 0.1) is 0 Å². The Kier molecular flexibility index (Phi) is 8.67. The summed E-state index contributed by atoms with van der Waals surface area (Å²) in [5.41, 5.74) is 3.33. The molecule has 0 aliphatic rings. The van der Waals surface area contributed by atoms with Crippen molar-refractivity contribution < 1.29 is 19.4 Å². The lowest BCUT2D eigenvalue weighted by Crippen LogP contribution is -2.30. The summed E-state index contributed by atoms with van der Waals surface area (Å²) >= 11 is 6.49. The highest BCUT2D eigenvalue weighted by atomic mass is 35.5. The Bertz CT molecular complexity index is 1110. The molecular weight excluding hydrogens is 438 g/mol. The first kappa shape index (κ1) is 24.1. The first-order valence-electron chi connectivity index (χ1n) is 10.6. The van der Waals surface area contributed by atoms with Crippen LogP contribution in [0.5, 0.6) is 5.75 Å². The van der Waals surface area contributed by atoms with Crippen molar-refractivity contribution in [3.05, 3.63) is 106 Å². The van der Waals surface area contributed by atoms with Crippen LogP contribution in [-0.2, 0) is 29.0 Å². The molecule has 0 atom stereocenters. The molecule has 0 aromatic heterocycles. The second-order valence-corrected chi connectivity index (χ2v) is 8.08. The highest BCUT2D eigenvalue weighted by molar-refractivity contribution is 6.32. The van der Waals surface area contributed by atoms with Crippen LogP contribution in [0.1, 0.15) is 22.3 Å². The van der Waals surface area contributed by atoms with Crippen molar-refractivity contribution in [1.29, 1.82) is 0 Å². The number of halogens is 1. The molecule has 0 saturated carbocycles. The van der Waals surface area contributed by atoms with Crippen LogP contribution in [0.2, 0.25) is 5.02 Å². The van der Waals surface area contributed by atoms with Gasteiger partial charge in [0.15, 0.2) is 0 Å². The van der Waals surface area contributed by atoms with Gasteiger partial charge in [-0.25, -0.2) is 4.79 Å². The fourth-order valence-corrected chi connectivity index (χ4v) is 3.62. The van der Waals surface area contributed by atoms with Gasteiger partial charge in [-0.05, 0) is 41.3 Å². The van der Waals surface area contributed by atoms with Crippen molar-refractivity contribution in [3.63, 3.8) is 0 Å². The van der Waals surface area contributed by atoms with E-state index in [1.807, 2.05) is 60.7 Å². The molecule has 0 unspecified atom stereocenters. The van der Waals surface area contributed by atoms with Gasteiger partial charge in [-0.15, -0.1) is 0 Å². The second kappa shape index (κ2) is 11.9. The minimum absolute atomic E-state index is 0.0480. The van der Waals surface area contributed by atoms with Crippen molar-refractivity contribution in [3.8, 4) is 5.75 Å². The first-order valence-corrected chi connectivity index (χ1v) is 11.0. The van der Waals surface area contributed by atoms with Gasteiger partial charge >= 0.3 is 5.97 Å². The molecule has 3 aromatic carbocycles. The maximum absolute atomic E-state index is 12.8. The van der Waals surface area contributed by atoms with E-state index in [1.165, 1.54) is 11.6 Å². The Hall–Kier alpha value is -3.57. The summed E-state index contributed by atoms with van der Waals surface area (Å²) in [6, 6.07) is 23.0. The standard InChI is InChI=1S/C27H26ClNO4/c1-29(15-14-20-8-4-2-5-9-20)25(30)18-22-16-23(12-13-26(31)32)27(24(28)17-22)33-19-21-10-6-3-7-11-21/h2-13,16-17H,14-15,18-19H2,1H3,(H,31,32)/b13-12+. The SMILES string of the molecule is CN(CCc1ccccc1)C(=O)Cc1cc(Cl)c(OCc2ccccc2)c(/C=C/C(=O)O)c1. The normalized spacial score (nSPS) is 10.8. The van der Waals surface area contributed by atoms with Gasteiger partial charge in [0, 0.05) is 25.2 Å². The zero-order valence-electron chi connectivity index (χ0n) is 18.4. The number of hydrogen-bond donors (Lipinski definition) is 1. The minimum Gasteiger partial charge on any atom is -0.487 e. The van der Waals surface area contributed by atoms with E-state index in [4.69, 9.17) is 21.4 Å². The molecule has 1 amide bonds. The summed E-state index contributed by atoms with van der Waals surface area (Å²) in [4.78, 5) is 25.5. The lowest BCUT2D eigenvalue weighted by atomic mass is 10.1. The Labute approximate surface area is 198 Å². The minimum atomic E-state index is -1.08. The number of benzene rings is 3. The molecule has 33 heavy (non-hydrogen) atoms. The van der Waals surface area contributed by atoms with E-state index in [1.54, 1.807) is 24.1 Å². The van der Waals surface area contributed by atoms with E-state index in [2.05, 4.69) is 0 Å². The lowest BCUT2D eigenvalue weighted by Gasteiger charge is -2.18. The molecule has 0 aliphatic carbocycles. The monoisotopic (exact) mass is 463 g/mol. The summed E-state index contributed by atoms with van der Waals surface area (Å²) in [7, 11) is 1.77. The molecule has 3 aromatic rings. The number of hydrogen-bond acceptors (Lipinski definition) is 3. The Balaban J connectivity index is 1.73. The van der Waals surface area contributed by atoms with E-state index in [9.17, 15) is 9.59 Å². The van der Waals surface area contributed by atoms with Crippen molar-refractivity contribution in [2.24, 2.45) is 0 Å². The van der Waals surface area contributed by atoms with Gasteiger partial charge in [0.25, 0.3) is 0 Å². The van der Waals surface area contributed by atoms with E-state index in [-0.39, 0.29) is 18.9 Å². The van der Waals surface area contributed by atoms with Crippen LogP contribution in [0.25, 0.3) is 6.08 Å². The summed E-state index contributed by atoms with van der Waals surface area (Å²) in [6.45, 7) is 0.885. The van der Waals surface area contributed by atoms with Gasteiger partial charge < -0.3 is 14.7 Å². The summed E-state index contributed by atoms with van der Waals surface area (Å²) in [5.74, 6) is -0.748. The molecule has 3 rings (SSSR count). The summed E-state index contributed by atoms with van der Waals surface area (Å²) < 4.78 is 5.91. The largest absolute Gasteiger partial charge is 0.487 e. The van der Waals surface area contributed by atoms with E-state index < -0.39 is 5.97 Å². The average Bonchev–Trinajstić information content (AvgIpc) is 2.81. The van der Waals surface area contributed by atoms with Crippen LogP contribution >= 0.6 is 11.6 Å². The fraction of sp³-hybridized carbons (Fsp3) is 0.185. The summed E-state index contributed by atoms with van der Waals surface area (Å²) in [5, 5.41) is 9.39. The fourth-order valence-electron chi connectivity index (χ4n) is 3.32. The molecule has 6 heteroatoms. The molecule has 0 heterocycles. The summed E-state index contributed by atoms with van der Waals surface area (Å²) in [6.07, 6.45) is 3.38. The topological polar surface area (TPSA) is 66.8 Å². The Morgan fingerprint density at radius 1 is 0.970 bits per heavy atom. The predicted molar refractivity (Wildman–Crippen MR) is 130 cm³/mol. The third kappa shape index (κ3) is 7.51. The third-order valence-electron chi connectivity index (χ3n) is 5.12. The second-order valence-electron chi connectivity index (χ2n) is 7.67. The molecule has 0 bridgehead atoms. The van der Waals surface area contributed by atoms with Crippen molar-refractivity contribution >= 4 is 29.6 Å². The third-order valence-corrected chi connectivity index (χ3v) is 5.40. The molecule has 1 N–H and O–H groups in total. The Morgan fingerprint density at radius 2 is 1.61 bits per heavy atom. The van der Waals surface area contributed by atoms with Crippen LogP contribution in [0.15, 0.2) is 78.9 Å². The molecule has 0 aliphatic heterocycles. The molecule has 0 radical (unpaired) electrons. The van der Waals surface area contributed by atoms with Crippen LogP contribution in [-0.4, -0.2) is 35.5 Å². The van der Waals surface area contributed by atoms with Crippen LogP contribution < -0.4 is 4.74 Å². The smallest absolute Gasteiger partial charge is 0.328 e. The van der Waals surface area contributed by atoms with Gasteiger partial charge in [-0.2, -0.15) is 0 Å². The molecule has 0 saturated heterocycles. The average molecular weight is 464 g/mol. The zero-order valence-corrected chi connectivity index (χ0v) is 19.2. The van der Waals surface area contributed by atoms with Gasteiger partial charge in [-0.3, -0.25) is 4.79 Å². The number of amides is 1. The van der Waals surface area contributed by atoms with Gasteiger partial charge in [0.2, 0.25) is 5.91 Å². The highest BCUT2D eigenvalue weighted by Gasteiger charge is 2.15. The quantitative estimate of drug-likeness (QED) is 0.416. The number of carbonyl (C=O) groups is 2. The van der Waals surface area contributed by atoms with E-state index in [0.29, 0.717) is 28.4 Å². The number of carboxylic acids is 1. The molecular formula is C27H26ClNO4. The molecule has 0 fully saturated rings. The number of nitrogens with zero attached hydrogens (tertiary/aromatic N) is 1. The van der Waals surface area contributed by atoms with Crippen molar-refractivity contribution in [1.82, 2.24) is 4.90 Å². The van der Waals surface area contributed by atoms with Crippen LogP contribution in [0.4, 0.5) is 0 Å². The van der Waals surface area contributed by atoms with Gasteiger partial charge in [0.05, 0.1) is 11.4 Å². The van der Waals surface area contributed by atoms with Crippen molar-refractivity contribution in [2.75, 3.05) is 13.6 Å². The number of aliphatic carboxylic acids is 1. The van der Waals surface area contributed by atoms with Crippen LogP contribution in [0.3, 0.4) is 0 Å². The number of carboxylic acid groups (broad SMARTS) is 1. The number of ether oxygens (including phenoxy) is 1. The number of rotatable bonds is 10. The maximum Gasteiger partial charge on any atom is 0.328 e. The molecule has 170 valence electrons. The predicted octanol–water partition coefficient (Wildman–Crippen LogP) is 5.26.